The number of benzene rings is 1. The van der Waals surface area contributed by atoms with Crippen molar-refractivity contribution in [3.63, 3.8) is 0 Å². The van der Waals surface area contributed by atoms with Crippen LogP contribution in [0, 0.1) is 11.3 Å². The number of allylic oxidation sites excluding steroid dienone is 2. The number of pyridine rings is 1. The molecule has 1 aliphatic carbocycles. The number of nitrogens with one attached hydrogen (secondary N) is 1. The molecule has 0 unspecified atom stereocenters. The summed E-state index contributed by atoms with van der Waals surface area (Å²) in [5.74, 6) is 0.587. The lowest BCUT2D eigenvalue weighted by atomic mass is 9.73. The zero-order chi connectivity index (χ0) is 22.4. The quantitative estimate of drug-likeness (QED) is 0.661. The van der Waals surface area contributed by atoms with Crippen LogP contribution >= 0.6 is 0 Å². The van der Waals surface area contributed by atoms with Crippen molar-refractivity contribution in [2.45, 2.75) is 45.4 Å². The van der Waals surface area contributed by atoms with Gasteiger partial charge in [-0.25, -0.2) is 0 Å². The number of amides is 2. The number of carbonyl (C=O) groups excluding carboxylic acids is 2. The van der Waals surface area contributed by atoms with Crippen LogP contribution in [0.5, 0.6) is 0 Å². The van der Waals surface area contributed by atoms with Gasteiger partial charge >= 0.3 is 0 Å². The Hall–Kier alpha value is -2.95. The lowest BCUT2D eigenvalue weighted by Crippen LogP contribution is -2.54. The fraction of sp³-hybridized carbons (Fsp3) is 0.444. The first kappa shape index (κ1) is 22.3. The highest BCUT2D eigenvalue weighted by Gasteiger charge is 2.43. The van der Waals surface area contributed by atoms with E-state index in [4.69, 9.17) is 0 Å². The van der Waals surface area contributed by atoms with Crippen molar-refractivity contribution in [1.82, 2.24) is 15.2 Å². The molecule has 0 radical (unpaired) electrons. The Morgan fingerprint density at radius 3 is 2.84 bits per heavy atom. The highest BCUT2D eigenvalue weighted by atomic mass is 16.2. The Balaban J connectivity index is 1.56. The number of carbonyl (C=O) groups is 2. The summed E-state index contributed by atoms with van der Waals surface area (Å²) in [5, 5.41) is 3.06. The molecule has 168 valence electrons. The predicted octanol–water partition coefficient (Wildman–Crippen LogP) is 4.39. The van der Waals surface area contributed by atoms with E-state index < -0.39 is 5.41 Å². The first-order chi connectivity index (χ1) is 15.6. The van der Waals surface area contributed by atoms with Crippen molar-refractivity contribution in [3.8, 4) is 11.1 Å². The maximum atomic E-state index is 13.3. The summed E-state index contributed by atoms with van der Waals surface area (Å²) in [4.78, 5) is 32.6. The fourth-order valence-corrected chi connectivity index (χ4v) is 5.11. The van der Waals surface area contributed by atoms with Crippen LogP contribution in [-0.4, -0.2) is 41.3 Å². The first-order valence-electron chi connectivity index (χ1n) is 11.8. The molecule has 4 rings (SSSR count). The molecule has 32 heavy (non-hydrogen) atoms. The minimum atomic E-state index is -0.594. The van der Waals surface area contributed by atoms with Crippen LogP contribution in [-0.2, 0) is 16.0 Å². The Morgan fingerprint density at radius 1 is 1.22 bits per heavy atom. The maximum absolute atomic E-state index is 13.3. The van der Waals surface area contributed by atoms with Gasteiger partial charge in [0, 0.05) is 38.4 Å². The molecule has 5 heteroatoms. The summed E-state index contributed by atoms with van der Waals surface area (Å²) < 4.78 is 0. The van der Waals surface area contributed by atoms with Gasteiger partial charge in [0.05, 0.1) is 5.41 Å². The molecule has 2 aromatic rings. The lowest BCUT2D eigenvalue weighted by molar-refractivity contribution is -0.142. The van der Waals surface area contributed by atoms with Gasteiger partial charge in [0.25, 0.3) is 0 Å². The van der Waals surface area contributed by atoms with Crippen molar-refractivity contribution in [1.29, 1.82) is 0 Å². The van der Waals surface area contributed by atoms with E-state index in [1.165, 1.54) is 0 Å². The van der Waals surface area contributed by atoms with Crippen LogP contribution < -0.4 is 5.32 Å². The topological polar surface area (TPSA) is 62.3 Å². The van der Waals surface area contributed by atoms with E-state index in [2.05, 4.69) is 40.7 Å². The van der Waals surface area contributed by atoms with Gasteiger partial charge < -0.3 is 10.2 Å². The number of hydrogen-bond donors (Lipinski definition) is 1. The van der Waals surface area contributed by atoms with Crippen molar-refractivity contribution < 1.29 is 9.59 Å². The van der Waals surface area contributed by atoms with E-state index in [0.29, 0.717) is 31.8 Å². The standard InChI is InChI=1S/C27H33N3O2/c1-2-29-26(32)27(13-7-15-30(20-27)25(31)17-21-8-3-4-9-21)18-22-10-5-11-23(16-22)24-12-6-14-28-19-24/h3,5-6,8,10-12,14,16,19,21H,2,4,7,9,13,15,17-18,20H2,1H3,(H,29,32)/t21-,27-/m1/s1. The number of hydrogen-bond acceptors (Lipinski definition) is 3. The molecule has 2 aliphatic rings. The number of aromatic nitrogens is 1. The van der Waals surface area contributed by atoms with E-state index in [1.54, 1.807) is 6.20 Å². The Kier molecular flexibility index (Phi) is 7.03. The van der Waals surface area contributed by atoms with Gasteiger partial charge in [-0.05, 0) is 67.7 Å². The van der Waals surface area contributed by atoms with Gasteiger partial charge in [0.2, 0.25) is 11.8 Å². The molecule has 0 spiro atoms. The zero-order valence-corrected chi connectivity index (χ0v) is 18.9. The molecule has 1 aliphatic heterocycles. The molecule has 1 aromatic heterocycles. The van der Waals surface area contributed by atoms with Gasteiger partial charge in [-0.3, -0.25) is 14.6 Å². The molecule has 1 N–H and O–H groups in total. The number of nitrogens with zero attached hydrogens (tertiary/aromatic N) is 2. The minimum Gasteiger partial charge on any atom is -0.356 e. The SMILES string of the molecule is CCNC(=O)[C@@]1(Cc2cccc(-c3cccnc3)c2)CCCN(C(=O)C[C@@H]2C=CCC2)C1. The average Bonchev–Trinajstić information content (AvgIpc) is 3.33. The van der Waals surface area contributed by atoms with Crippen LogP contribution in [0.4, 0.5) is 0 Å². The number of piperidine rings is 1. The van der Waals surface area contributed by atoms with Crippen molar-refractivity contribution >= 4 is 11.8 Å². The molecule has 2 atom stereocenters. The van der Waals surface area contributed by atoms with Crippen LogP contribution in [0.15, 0.2) is 60.9 Å². The van der Waals surface area contributed by atoms with Gasteiger partial charge in [-0.1, -0.05) is 42.5 Å². The number of rotatable bonds is 7. The van der Waals surface area contributed by atoms with Crippen LogP contribution in [0.3, 0.4) is 0 Å². The summed E-state index contributed by atoms with van der Waals surface area (Å²) in [7, 11) is 0. The highest BCUT2D eigenvalue weighted by molar-refractivity contribution is 5.85. The maximum Gasteiger partial charge on any atom is 0.228 e. The van der Waals surface area contributed by atoms with Crippen LogP contribution in [0.1, 0.15) is 44.6 Å². The normalized spacial score (nSPS) is 22.7. The zero-order valence-electron chi connectivity index (χ0n) is 18.9. The van der Waals surface area contributed by atoms with Gasteiger partial charge in [0.1, 0.15) is 0 Å². The average molecular weight is 432 g/mol. The second kappa shape index (κ2) is 10.1. The first-order valence-corrected chi connectivity index (χ1v) is 11.8. The molecule has 5 nitrogen and oxygen atoms in total. The Bertz CT molecular complexity index is 972. The Morgan fingerprint density at radius 2 is 2.09 bits per heavy atom. The molecule has 2 amide bonds. The summed E-state index contributed by atoms with van der Waals surface area (Å²) >= 11 is 0. The molecule has 1 aromatic carbocycles. The molecular weight excluding hydrogens is 398 g/mol. The molecule has 1 saturated heterocycles. The predicted molar refractivity (Wildman–Crippen MR) is 127 cm³/mol. The molecule has 1 fully saturated rings. The van der Waals surface area contributed by atoms with Crippen molar-refractivity contribution in [3.05, 3.63) is 66.5 Å². The summed E-state index contributed by atoms with van der Waals surface area (Å²) in [6.45, 7) is 3.78. The highest BCUT2D eigenvalue weighted by Crippen LogP contribution is 2.36. The second-order valence-electron chi connectivity index (χ2n) is 9.15. The molecular formula is C27H33N3O2. The largest absolute Gasteiger partial charge is 0.356 e. The lowest BCUT2D eigenvalue weighted by Gasteiger charge is -2.42. The summed E-state index contributed by atoms with van der Waals surface area (Å²) in [5.41, 5.74) is 2.68. The van der Waals surface area contributed by atoms with E-state index in [-0.39, 0.29) is 11.8 Å². The third kappa shape index (κ3) is 5.09. The Labute approximate surface area is 190 Å². The molecule has 0 bridgehead atoms. The van der Waals surface area contributed by atoms with Crippen LogP contribution in [0.2, 0.25) is 0 Å². The molecule has 2 heterocycles. The number of likely N-dealkylation sites (tertiary alicyclic amines) is 1. The van der Waals surface area contributed by atoms with Gasteiger partial charge in [-0.15, -0.1) is 0 Å². The van der Waals surface area contributed by atoms with Gasteiger partial charge in [0.15, 0.2) is 0 Å². The summed E-state index contributed by atoms with van der Waals surface area (Å²) in [6, 6.07) is 12.3. The van der Waals surface area contributed by atoms with E-state index in [1.807, 2.05) is 36.2 Å². The molecule has 0 saturated carbocycles. The third-order valence-corrected chi connectivity index (χ3v) is 6.76. The van der Waals surface area contributed by atoms with Crippen LogP contribution in [0.25, 0.3) is 11.1 Å². The smallest absolute Gasteiger partial charge is 0.228 e. The third-order valence-electron chi connectivity index (χ3n) is 6.76. The monoisotopic (exact) mass is 431 g/mol. The van der Waals surface area contributed by atoms with Crippen molar-refractivity contribution in [2.24, 2.45) is 11.3 Å². The minimum absolute atomic E-state index is 0.0602. The van der Waals surface area contributed by atoms with Crippen molar-refractivity contribution in [2.75, 3.05) is 19.6 Å². The summed E-state index contributed by atoms with van der Waals surface area (Å²) in [6.07, 6.45) is 12.9. The fourth-order valence-electron chi connectivity index (χ4n) is 5.11. The van der Waals surface area contributed by atoms with Gasteiger partial charge in [-0.2, -0.15) is 0 Å². The second-order valence-corrected chi connectivity index (χ2v) is 9.15. The van der Waals surface area contributed by atoms with E-state index >= 15 is 0 Å². The van der Waals surface area contributed by atoms with E-state index in [9.17, 15) is 9.59 Å². The van der Waals surface area contributed by atoms with E-state index in [0.717, 1.165) is 48.9 Å².